The van der Waals surface area contributed by atoms with Crippen molar-refractivity contribution in [1.29, 1.82) is 0 Å². The van der Waals surface area contributed by atoms with Gasteiger partial charge in [0, 0.05) is 12.1 Å². The molecule has 18 heavy (non-hydrogen) atoms. The molecule has 0 spiro atoms. The van der Waals surface area contributed by atoms with Crippen LogP contribution in [0.2, 0.25) is 0 Å². The number of aliphatic hydroxyl groups is 1. The summed E-state index contributed by atoms with van der Waals surface area (Å²) < 4.78 is 5.32. The van der Waals surface area contributed by atoms with Crippen LogP contribution in [0.15, 0.2) is 18.2 Å². The molecule has 0 amide bonds. The lowest BCUT2D eigenvalue weighted by Crippen LogP contribution is -2.46. The van der Waals surface area contributed by atoms with Crippen molar-refractivity contribution >= 4 is 0 Å². The number of ether oxygens (including phenoxy) is 1. The smallest absolute Gasteiger partial charge is 0.119 e. The van der Waals surface area contributed by atoms with Gasteiger partial charge in [0.25, 0.3) is 0 Å². The Morgan fingerprint density at radius 1 is 1.33 bits per heavy atom. The average Bonchev–Trinajstić information content (AvgIpc) is 2.37. The van der Waals surface area contributed by atoms with Crippen LogP contribution in [0.3, 0.4) is 0 Å². The van der Waals surface area contributed by atoms with Gasteiger partial charge in [0.2, 0.25) is 0 Å². The Hall–Kier alpha value is -1.06. The molecule has 1 atom stereocenters. The molecule has 0 heterocycles. The maximum atomic E-state index is 9.37. The highest BCUT2D eigenvalue weighted by Crippen LogP contribution is 2.34. The predicted molar refractivity (Wildman–Crippen MR) is 70.8 cm³/mol. The fourth-order valence-corrected chi connectivity index (χ4v) is 3.09. The number of hydrogen-bond acceptors (Lipinski definition) is 3. The van der Waals surface area contributed by atoms with E-state index < -0.39 is 0 Å². The minimum Gasteiger partial charge on any atom is -0.497 e. The van der Waals surface area contributed by atoms with E-state index in [0.29, 0.717) is 12.1 Å². The molecule has 3 heteroatoms. The first-order valence-electron chi connectivity index (χ1n) is 6.87. The highest BCUT2D eigenvalue weighted by atomic mass is 16.5. The van der Waals surface area contributed by atoms with Gasteiger partial charge < -0.3 is 15.2 Å². The number of nitrogens with one attached hydrogen (secondary N) is 1. The Bertz CT molecular complexity index is 427. The van der Waals surface area contributed by atoms with E-state index in [4.69, 9.17) is 4.74 Å². The molecule has 1 saturated carbocycles. The van der Waals surface area contributed by atoms with E-state index in [1.807, 2.05) is 6.07 Å². The van der Waals surface area contributed by atoms with Gasteiger partial charge in [-0.05, 0) is 55.4 Å². The molecule has 0 bridgehead atoms. The molecule has 0 aliphatic heterocycles. The summed E-state index contributed by atoms with van der Waals surface area (Å²) in [5, 5.41) is 13.0. The second kappa shape index (κ2) is 4.90. The number of methoxy groups -OCH3 is 1. The number of fused-ring (bicyclic) bond motifs is 1. The van der Waals surface area contributed by atoms with Crippen LogP contribution in [0.25, 0.3) is 0 Å². The summed E-state index contributed by atoms with van der Waals surface area (Å²) in [6.07, 6.45) is 5.31. The fraction of sp³-hybridized carbons (Fsp3) is 0.600. The Morgan fingerprint density at radius 3 is 2.89 bits per heavy atom. The molecule has 2 aliphatic rings. The SMILES string of the molecule is COc1ccc2c(c1)C(NC1CC(O)C1)CCC2. The Labute approximate surface area is 108 Å². The van der Waals surface area contributed by atoms with Crippen LogP contribution in [-0.2, 0) is 6.42 Å². The van der Waals surface area contributed by atoms with Crippen molar-refractivity contribution in [2.45, 2.75) is 50.3 Å². The second-order valence-electron chi connectivity index (χ2n) is 5.50. The normalized spacial score (nSPS) is 30.4. The molecule has 1 unspecified atom stereocenters. The summed E-state index contributed by atoms with van der Waals surface area (Å²) in [5.41, 5.74) is 2.83. The average molecular weight is 247 g/mol. The summed E-state index contributed by atoms with van der Waals surface area (Å²) in [6.45, 7) is 0. The lowest BCUT2D eigenvalue weighted by Gasteiger charge is -2.37. The van der Waals surface area contributed by atoms with Crippen LogP contribution in [0, 0.1) is 0 Å². The molecule has 3 rings (SSSR count). The molecule has 98 valence electrons. The van der Waals surface area contributed by atoms with Gasteiger partial charge in [-0.2, -0.15) is 0 Å². The largest absolute Gasteiger partial charge is 0.497 e. The third-order valence-electron chi connectivity index (χ3n) is 4.22. The molecule has 2 aliphatic carbocycles. The molecule has 0 saturated heterocycles. The van der Waals surface area contributed by atoms with Crippen molar-refractivity contribution in [2.75, 3.05) is 7.11 Å². The van der Waals surface area contributed by atoms with E-state index >= 15 is 0 Å². The standard InChI is InChI=1S/C15H21NO2/c1-18-13-6-5-10-3-2-4-15(14(10)9-13)16-11-7-12(17)8-11/h5-6,9,11-12,15-17H,2-4,7-8H2,1H3. The number of rotatable bonds is 3. The first-order valence-corrected chi connectivity index (χ1v) is 6.87. The van der Waals surface area contributed by atoms with E-state index in [2.05, 4.69) is 17.4 Å². The minimum absolute atomic E-state index is 0.0872. The monoisotopic (exact) mass is 247 g/mol. The maximum absolute atomic E-state index is 9.37. The summed E-state index contributed by atoms with van der Waals surface area (Å²) in [5.74, 6) is 0.941. The zero-order valence-corrected chi connectivity index (χ0v) is 10.9. The van der Waals surface area contributed by atoms with Crippen molar-refractivity contribution < 1.29 is 9.84 Å². The van der Waals surface area contributed by atoms with Crippen LogP contribution in [0.4, 0.5) is 0 Å². The maximum Gasteiger partial charge on any atom is 0.119 e. The number of aliphatic hydroxyl groups excluding tert-OH is 1. The van der Waals surface area contributed by atoms with Crippen LogP contribution in [0.5, 0.6) is 5.75 Å². The molecule has 2 N–H and O–H groups in total. The Morgan fingerprint density at radius 2 is 2.17 bits per heavy atom. The van der Waals surface area contributed by atoms with Crippen LogP contribution >= 0.6 is 0 Å². The third kappa shape index (κ3) is 2.25. The molecule has 3 nitrogen and oxygen atoms in total. The van der Waals surface area contributed by atoms with Gasteiger partial charge in [0.05, 0.1) is 13.2 Å². The van der Waals surface area contributed by atoms with Crippen LogP contribution < -0.4 is 10.1 Å². The molecular formula is C15H21NO2. The Balaban J connectivity index is 1.77. The van der Waals surface area contributed by atoms with Gasteiger partial charge in [-0.1, -0.05) is 6.07 Å². The van der Waals surface area contributed by atoms with Crippen molar-refractivity contribution in [3.63, 3.8) is 0 Å². The highest BCUT2D eigenvalue weighted by molar-refractivity contribution is 5.39. The summed E-state index contributed by atoms with van der Waals surface area (Å²) in [7, 11) is 1.72. The zero-order chi connectivity index (χ0) is 12.5. The number of aryl methyl sites for hydroxylation is 1. The highest BCUT2D eigenvalue weighted by Gasteiger charge is 2.30. The van der Waals surface area contributed by atoms with Gasteiger partial charge in [-0.3, -0.25) is 0 Å². The lowest BCUT2D eigenvalue weighted by atomic mass is 9.84. The van der Waals surface area contributed by atoms with Gasteiger partial charge >= 0.3 is 0 Å². The van der Waals surface area contributed by atoms with Crippen molar-refractivity contribution in [3.05, 3.63) is 29.3 Å². The molecule has 1 fully saturated rings. The second-order valence-corrected chi connectivity index (χ2v) is 5.50. The third-order valence-corrected chi connectivity index (χ3v) is 4.22. The van der Waals surface area contributed by atoms with Crippen molar-refractivity contribution in [2.24, 2.45) is 0 Å². The zero-order valence-electron chi connectivity index (χ0n) is 10.9. The molecule has 0 aromatic heterocycles. The summed E-state index contributed by atoms with van der Waals surface area (Å²) >= 11 is 0. The van der Waals surface area contributed by atoms with E-state index in [-0.39, 0.29) is 6.10 Å². The van der Waals surface area contributed by atoms with E-state index in [0.717, 1.165) is 18.6 Å². The van der Waals surface area contributed by atoms with E-state index in [9.17, 15) is 5.11 Å². The first kappa shape index (κ1) is 12.0. The first-order chi connectivity index (χ1) is 8.76. The van der Waals surface area contributed by atoms with Crippen molar-refractivity contribution in [1.82, 2.24) is 5.32 Å². The minimum atomic E-state index is -0.0872. The summed E-state index contributed by atoms with van der Waals surface area (Å²) in [4.78, 5) is 0. The van der Waals surface area contributed by atoms with Crippen molar-refractivity contribution in [3.8, 4) is 5.75 Å². The molecule has 1 aromatic carbocycles. The molecule has 0 radical (unpaired) electrons. The topological polar surface area (TPSA) is 41.5 Å². The fourth-order valence-electron chi connectivity index (χ4n) is 3.09. The van der Waals surface area contributed by atoms with E-state index in [1.165, 1.54) is 30.4 Å². The van der Waals surface area contributed by atoms with E-state index in [1.54, 1.807) is 7.11 Å². The Kier molecular flexibility index (Phi) is 3.27. The number of benzene rings is 1. The number of hydrogen-bond donors (Lipinski definition) is 2. The van der Waals surface area contributed by atoms with Gasteiger partial charge in [0.15, 0.2) is 0 Å². The molecular weight excluding hydrogens is 226 g/mol. The van der Waals surface area contributed by atoms with Crippen LogP contribution in [-0.4, -0.2) is 24.4 Å². The predicted octanol–water partition coefficient (Wildman–Crippen LogP) is 2.19. The summed E-state index contributed by atoms with van der Waals surface area (Å²) in [6, 6.07) is 7.33. The lowest BCUT2D eigenvalue weighted by molar-refractivity contribution is 0.0566. The molecule has 1 aromatic rings. The van der Waals surface area contributed by atoms with Gasteiger partial charge in [0.1, 0.15) is 5.75 Å². The van der Waals surface area contributed by atoms with Gasteiger partial charge in [-0.25, -0.2) is 0 Å². The van der Waals surface area contributed by atoms with Gasteiger partial charge in [-0.15, -0.1) is 0 Å². The van der Waals surface area contributed by atoms with Crippen LogP contribution in [0.1, 0.15) is 42.9 Å². The quantitative estimate of drug-likeness (QED) is 0.860.